The number of ketones is 1. The van der Waals surface area contributed by atoms with Gasteiger partial charge in [-0.2, -0.15) is 0 Å². The van der Waals surface area contributed by atoms with Crippen molar-refractivity contribution in [2.75, 3.05) is 27.2 Å². The molecule has 3 heteroatoms. The molecule has 1 fully saturated rings. The second-order valence-electron chi connectivity index (χ2n) is 5.38. The van der Waals surface area contributed by atoms with Gasteiger partial charge in [0.15, 0.2) is 5.78 Å². The zero-order valence-electron chi connectivity index (χ0n) is 10.5. The van der Waals surface area contributed by atoms with E-state index in [0.717, 1.165) is 18.7 Å². The summed E-state index contributed by atoms with van der Waals surface area (Å²) in [5, 5.41) is 0. The first kappa shape index (κ1) is 12.2. The second-order valence-corrected chi connectivity index (χ2v) is 5.38. The Balaban J connectivity index is 2.77. The van der Waals surface area contributed by atoms with Crippen LogP contribution in [0, 0.1) is 0 Å². The van der Waals surface area contributed by atoms with Crippen LogP contribution in [-0.4, -0.2) is 48.3 Å². The lowest BCUT2D eigenvalue weighted by Gasteiger charge is -2.38. The van der Waals surface area contributed by atoms with Gasteiger partial charge in [-0.05, 0) is 20.8 Å². The molecule has 0 atom stereocenters. The molecular formula is C12H22N2O. The summed E-state index contributed by atoms with van der Waals surface area (Å²) in [7, 11) is 3.91. The van der Waals surface area contributed by atoms with Gasteiger partial charge in [0, 0.05) is 50.9 Å². The zero-order valence-corrected chi connectivity index (χ0v) is 10.5. The van der Waals surface area contributed by atoms with Crippen LogP contribution in [0.2, 0.25) is 0 Å². The van der Waals surface area contributed by atoms with Gasteiger partial charge < -0.3 is 4.90 Å². The van der Waals surface area contributed by atoms with Gasteiger partial charge in [0.2, 0.25) is 0 Å². The minimum Gasteiger partial charge on any atom is -0.383 e. The van der Waals surface area contributed by atoms with E-state index in [9.17, 15) is 4.79 Å². The van der Waals surface area contributed by atoms with Crippen molar-refractivity contribution in [3.8, 4) is 0 Å². The highest BCUT2D eigenvalue weighted by Crippen LogP contribution is 2.21. The van der Waals surface area contributed by atoms with Crippen molar-refractivity contribution in [3.63, 3.8) is 0 Å². The highest BCUT2D eigenvalue weighted by atomic mass is 16.1. The van der Waals surface area contributed by atoms with Crippen LogP contribution in [0.1, 0.15) is 27.2 Å². The summed E-state index contributed by atoms with van der Waals surface area (Å²) in [5.41, 5.74) is 1.08. The van der Waals surface area contributed by atoms with E-state index in [4.69, 9.17) is 0 Å². The van der Waals surface area contributed by atoms with Crippen molar-refractivity contribution in [2.24, 2.45) is 0 Å². The number of hydrogen-bond acceptors (Lipinski definition) is 3. The molecule has 0 unspecified atom stereocenters. The molecule has 0 aromatic rings. The van der Waals surface area contributed by atoms with Gasteiger partial charge in [0.1, 0.15) is 0 Å². The summed E-state index contributed by atoms with van der Waals surface area (Å²) >= 11 is 0. The third-order valence-electron chi connectivity index (χ3n) is 2.69. The van der Waals surface area contributed by atoms with Crippen molar-refractivity contribution in [1.82, 2.24) is 9.80 Å². The number of Topliss-reactive ketones (excluding diaryl/α,β-unsaturated/α-hetero) is 1. The van der Waals surface area contributed by atoms with Crippen LogP contribution in [0.25, 0.3) is 0 Å². The van der Waals surface area contributed by atoms with E-state index in [1.54, 1.807) is 0 Å². The fraction of sp³-hybridized carbons (Fsp3) is 0.750. The van der Waals surface area contributed by atoms with Crippen LogP contribution in [-0.2, 0) is 4.79 Å². The maximum absolute atomic E-state index is 11.7. The molecule has 0 N–H and O–H groups in total. The van der Waals surface area contributed by atoms with Gasteiger partial charge in [0.05, 0.1) is 0 Å². The molecular weight excluding hydrogens is 188 g/mol. The largest absolute Gasteiger partial charge is 0.383 e. The number of rotatable bonds is 1. The normalized spacial score (nSPS) is 22.2. The molecule has 1 saturated heterocycles. The zero-order chi connectivity index (χ0) is 11.6. The highest BCUT2D eigenvalue weighted by molar-refractivity contribution is 5.96. The van der Waals surface area contributed by atoms with Gasteiger partial charge in [-0.3, -0.25) is 9.69 Å². The second kappa shape index (κ2) is 4.35. The predicted molar refractivity (Wildman–Crippen MR) is 62.7 cm³/mol. The first-order valence-electron chi connectivity index (χ1n) is 5.46. The monoisotopic (exact) mass is 210 g/mol. The van der Waals surface area contributed by atoms with Crippen molar-refractivity contribution in [3.05, 3.63) is 11.8 Å². The SMILES string of the molecule is CN(C)C=C1CN(C(C)(C)C)CCC1=O. The molecule has 0 aromatic carbocycles. The molecule has 0 aromatic heterocycles. The van der Waals surface area contributed by atoms with Gasteiger partial charge >= 0.3 is 0 Å². The Morgan fingerprint density at radius 2 is 1.93 bits per heavy atom. The number of carbonyl (C=O) groups is 1. The Kier molecular flexibility index (Phi) is 3.55. The Labute approximate surface area is 92.7 Å². The lowest BCUT2D eigenvalue weighted by molar-refractivity contribution is -0.118. The molecule has 0 aliphatic carbocycles. The summed E-state index contributed by atoms with van der Waals surface area (Å²) in [6.07, 6.45) is 2.59. The van der Waals surface area contributed by atoms with Crippen LogP contribution < -0.4 is 0 Å². The Hall–Kier alpha value is -0.830. The molecule has 1 rings (SSSR count). The van der Waals surface area contributed by atoms with Crippen LogP contribution in [0.15, 0.2) is 11.8 Å². The number of likely N-dealkylation sites (tertiary alicyclic amines) is 1. The van der Waals surface area contributed by atoms with Crippen molar-refractivity contribution in [1.29, 1.82) is 0 Å². The maximum atomic E-state index is 11.7. The molecule has 0 amide bonds. The third kappa shape index (κ3) is 3.34. The molecule has 0 bridgehead atoms. The Morgan fingerprint density at radius 1 is 1.33 bits per heavy atom. The van der Waals surface area contributed by atoms with E-state index in [2.05, 4.69) is 25.7 Å². The van der Waals surface area contributed by atoms with Crippen molar-refractivity contribution >= 4 is 5.78 Å². The van der Waals surface area contributed by atoms with E-state index in [1.165, 1.54) is 0 Å². The standard InChI is InChI=1S/C12H22N2O/c1-12(2,3)14-7-6-11(15)10(9-14)8-13(4)5/h8H,6-7,9H2,1-5H3. The molecule has 3 nitrogen and oxygen atoms in total. The van der Waals surface area contributed by atoms with E-state index >= 15 is 0 Å². The fourth-order valence-corrected chi connectivity index (χ4v) is 1.77. The van der Waals surface area contributed by atoms with Crippen LogP contribution in [0.5, 0.6) is 0 Å². The number of hydrogen-bond donors (Lipinski definition) is 0. The predicted octanol–water partition coefficient (Wildman–Crippen LogP) is 1.51. The molecule has 1 aliphatic heterocycles. The van der Waals surface area contributed by atoms with Gasteiger partial charge in [-0.1, -0.05) is 0 Å². The maximum Gasteiger partial charge on any atom is 0.162 e. The van der Waals surface area contributed by atoms with Crippen molar-refractivity contribution < 1.29 is 4.79 Å². The summed E-state index contributed by atoms with van der Waals surface area (Å²) in [6, 6.07) is 0. The molecule has 15 heavy (non-hydrogen) atoms. The number of piperidine rings is 1. The molecule has 86 valence electrons. The summed E-state index contributed by atoms with van der Waals surface area (Å²) < 4.78 is 0. The number of nitrogens with zero attached hydrogens (tertiary/aromatic N) is 2. The quantitative estimate of drug-likeness (QED) is 0.613. The lowest BCUT2D eigenvalue weighted by Crippen LogP contribution is -2.47. The molecule has 0 radical (unpaired) electrons. The average molecular weight is 210 g/mol. The van der Waals surface area contributed by atoms with Gasteiger partial charge in [-0.25, -0.2) is 0 Å². The van der Waals surface area contributed by atoms with Gasteiger partial charge in [0.25, 0.3) is 0 Å². The molecule has 1 heterocycles. The Bertz CT molecular complexity index is 274. The Morgan fingerprint density at radius 3 is 2.40 bits per heavy atom. The lowest BCUT2D eigenvalue weighted by atomic mass is 9.97. The number of carbonyl (C=O) groups excluding carboxylic acids is 1. The first-order chi connectivity index (χ1) is 6.80. The van der Waals surface area contributed by atoms with E-state index < -0.39 is 0 Å². The first-order valence-corrected chi connectivity index (χ1v) is 5.46. The highest BCUT2D eigenvalue weighted by Gasteiger charge is 2.28. The summed E-state index contributed by atoms with van der Waals surface area (Å²) in [6.45, 7) is 8.23. The van der Waals surface area contributed by atoms with E-state index in [0.29, 0.717) is 12.2 Å². The smallest absolute Gasteiger partial charge is 0.162 e. The van der Waals surface area contributed by atoms with Crippen molar-refractivity contribution in [2.45, 2.75) is 32.7 Å². The topological polar surface area (TPSA) is 23.6 Å². The fourth-order valence-electron chi connectivity index (χ4n) is 1.77. The minimum absolute atomic E-state index is 0.145. The average Bonchev–Trinajstić information content (AvgIpc) is 2.06. The van der Waals surface area contributed by atoms with Gasteiger partial charge in [-0.15, -0.1) is 0 Å². The molecule has 0 saturated carbocycles. The van der Waals surface area contributed by atoms with Crippen LogP contribution in [0.4, 0.5) is 0 Å². The van der Waals surface area contributed by atoms with E-state index in [1.807, 2.05) is 25.2 Å². The minimum atomic E-state index is 0.145. The third-order valence-corrected chi connectivity index (χ3v) is 2.69. The van der Waals surface area contributed by atoms with E-state index in [-0.39, 0.29) is 5.54 Å². The van der Waals surface area contributed by atoms with Crippen LogP contribution >= 0.6 is 0 Å². The summed E-state index contributed by atoms with van der Waals surface area (Å²) in [5.74, 6) is 0.296. The molecule has 0 spiro atoms. The molecule has 1 aliphatic rings. The van der Waals surface area contributed by atoms with Crippen LogP contribution in [0.3, 0.4) is 0 Å². The summed E-state index contributed by atoms with van der Waals surface area (Å²) in [4.78, 5) is 16.0.